The van der Waals surface area contributed by atoms with Crippen molar-refractivity contribution in [2.24, 2.45) is 0 Å². The van der Waals surface area contributed by atoms with Crippen molar-refractivity contribution in [1.82, 2.24) is 4.37 Å². The summed E-state index contributed by atoms with van der Waals surface area (Å²) in [5.41, 5.74) is 2.19. The van der Waals surface area contributed by atoms with E-state index in [0.29, 0.717) is 28.2 Å². The van der Waals surface area contributed by atoms with Gasteiger partial charge in [0.05, 0.1) is 5.69 Å². The summed E-state index contributed by atoms with van der Waals surface area (Å²) in [5, 5.41) is 13.2. The maximum Gasteiger partial charge on any atom is 0.340 e. The van der Waals surface area contributed by atoms with Gasteiger partial charge in [-0.1, -0.05) is 30.3 Å². The van der Waals surface area contributed by atoms with Gasteiger partial charge < -0.3 is 10.4 Å². The third-order valence-corrected chi connectivity index (χ3v) is 4.28. The predicted octanol–water partition coefficient (Wildman–Crippen LogP) is 3.12. The molecule has 5 heteroatoms. The summed E-state index contributed by atoms with van der Waals surface area (Å²) in [6.07, 6.45) is 1.04. The number of aryl methyl sites for hydroxylation is 1. The Labute approximate surface area is 115 Å². The summed E-state index contributed by atoms with van der Waals surface area (Å²) in [4.78, 5) is 11.2. The molecule has 1 aliphatic rings. The first kappa shape index (κ1) is 12.2. The molecule has 3 rings (SSSR count). The number of carboxylic acid groups (broad SMARTS) is 1. The Morgan fingerprint density at radius 2 is 2.16 bits per heavy atom. The van der Waals surface area contributed by atoms with Crippen molar-refractivity contribution in [2.75, 3.05) is 5.32 Å². The molecule has 2 atom stereocenters. The second-order valence-electron chi connectivity index (χ2n) is 4.78. The average molecular weight is 274 g/mol. The van der Waals surface area contributed by atoms with Crippen LogP contribution >= 0.6 is 11.5 Å². The summed E-state index contributed by atoms with van der Waals surface area (Å²) < 4.78 is 4.11. The van der Waals surface area contributed by atoms with Crippen LogP contribution in [0.5, 0.6) is 0 Å². The molecule has 2 N–H and O–H groups in total. The molecule has 0 amide bonds. The zero-order valence-corrected chi connectivity index (χ0v) is 11.3. The Balaban J connectivity index is 1.73. The summed E-state index contributed by atoms with van der Waals surface area (Å²) in [6, 6.07) is 10.6. The van der Waals surface area contributed by atoms with Crippen molar-refractivity contribution in [3.05, 3.63) is 47.2 Å². The van der Waals surface area contributed by atoms with E-state index >= 15 is 0 Å². The standard InChI is InChI=1S/C14H14N2O2S/c1-8-12(14(17)18)13(19-16-8)15-11-7-10(11)9-5-3-2-4-6-9/h2-6,10-11,15H,7H2,1H3,(H,17,18). The lowest BCUT2D eigenvalue weighted by molar-refractivity contribution is 0.0697. The van der Waals surface area contributed by atoms with E-state index < -0.39 is 5.97 Å². The summed E-state index contributed by atoms with van der Waals surface area (Å²) in [5.74, 6) is -0.434. The molecule has 0 saturated heterocycles. The molecule has 1 aliphatic carbocycles. The Kier molecular flexibility index (Phi) is 2.98. The lowest BCUT2D eigenvalue weighted by Gasteiger charge is -2.04. The minimum Gasteiger partial charge on any atom is -0.478 e. The van der Waals surface area contributed by atoms with Crippen molar-refractivity contribution in [3.8, 4) is 0 Å². The van der Waals surface area contributed by atoms with Gasteiger partial charge in [-0.2, -0.15) is 4.37 Å². The number of carboxylic acids is 1. The van der Waals surface area contributed by atoms with Gasteiger partial charge >= 0.3 is 5.97 Å². The fourth-order valence-electron chi connectivity index (χ4n) is 2.31. The fourth-order valence-corrected chi connectivity index (χ4v) is 3.16. The lowest BCUT2D eigenvalue weighted by atomic mass is 10.1. The minimum absolute atomic E-state index is 0.309. The molecule has 98 valence electrons. The smallest absolute Gasteiger partial charge is 0.340 e. The molecule has 1 aromatic heterocycles. The first-order valence-electron chi connectivity index (χ1n) is 6.18. The number of hydrogen-bond donors (Lipinski definition) is 2. The molecule has 0 radical (unpaired) electrons. The number of aromatic nitrogens is 1. The van der Waals surface area contributed by atoms with Gasteiger partial charge in [-0.15, -0.1) is 0 Å². The number of benzene rings is 1. The van der Waals surface area contributed by atoms with E-state index in [-0.39, 0.29) is 0 Å². The van der Waals surface area contributed by atoms with E-state index in [2.05, 4.69) is 21.8 Å². The fraction of sp³-hybridized carbons (Fsp3) is 0.286. The zero-order chi connectivity index (χ0) is 13.4. The van der Waals surface area contributed by atoms with E-state index in [1.165, 1.54) is 17.1 Å². The van der Waals surface area contributed by atoms with Gasteiger partial charge in [0, 0.05) is 12.0 Å². The Hall–Kier alpha value is -1.88. The Morgan fingerprint density at radius 1 is 1.42 bits per heavy atom. The van der Waals surface area contributed by atoms with Crippen LogP contribution in [0.25, 0.3) is 0 Å². The maximum absolute atomic E-state index is 11.2. The van der Waals surface area contributed by atoms with Gasteiger partial charge in [0.15, 0.2) is 0 Å². The van der Waals surface area contributed by atoms with Gasteiger partial charge in [-0.3, -0.25) is 0 Å². The van der Waals surface area contributed by atoms with Crippen molar-refractivity contribution in [3.63, 3.8) is 0 Å². The highest BCUT2D eigenvalue weighted by atomic mass is 32.1. The second kappa shape index (κ2) is 4.66. The number of carbonyl (C=O) groups is 1. The third-order valence-electron chi connectivity index (χ3n) is 3.41. The van der Waals surface area contributed by atoms with Gasteiger partial charge in [0.1, 0.15) is 10.6 Å². The molecule has 0 aliphatic heterocycles. The molecule has 4 nitrogen and oxygen atoms in total. The quantitative estimate of drug-likeness (QED) is 0.899. The van der Waals surface area contributed by atoms with Crippen LogP contribution in [0.1, 0.15) is 34.0 Å². The van der Waals surface area contributed by atoms with E-state index in [1.54, 1.807) is 6.92 Å². The van der Waals surface area contributed by atoms with Crippen molar-refractivity contribution < 1.29 is 9.90 Å². The number of nitrogens with zero attached hydrogens (tertiary/aromatic N) is 1. The predicted molar refractivity (Wildman–Crippen MR) is 75.0 cm³/mol. The second-order valence-corrected chi connectivity index (χ2v) is 5.55. The highest BCUT2D eigenvalue weighted by molar-refractivity contribution is 7.10. The molecule has 19 heavy (non-hydrogen) atoms. The number of nitrogens with one attached hydrogen (secondary N) is 1. The Bertz CT molecular complexity index is 609. The van der Waals surface area contributed by atoms with Crippen LogP contribution in [0.15, 0.2) is 30.3 Å². The van der Waals surface area contributed by atoms with Gasteiger partial charge in [-0.05, 0) is 30.4 Å². The monoisotopic (exact) mass is 274 g/mol. The summed E-state index contributed by atoms with van der Waals surface area (Å²) >= 11 is 1.23. The van der Waals surface area contributed by atoms with Crippen molar-refractivity contribution in [1.29, 1.82) is 0 Å². The largest absolute Gasteiger partial charge is 0.478 e. The molecule has 1 aromatic carbocycles. The first-order valence-corrected chi connectivity index (χ1v) is 6.95. The lowest BCUT2D eigenvalue weighted by Crippen LogP contribution is -2.07. The summed E-state index contributed by atoms with van der Waals surface area (Å²) in [6.45, 7) is 1.73. The van der Waals surface area contributed by atoms with Crippen LogP contribution < -0.4 is 5.32 Å². The molecule has 2 unspecified atom stereocenters. The van der Waals surface area contributed by atoms with Crippen LogP contribution in [-0.4, -0.2) is 21.5 Å². The number of aromatic carboxylic acids is 1. The number of hydrogen-bond acceptors (Lipinski definition) is 4. The third kappa shape index (κ3) is 2.33. The van der Waals surface area contributed by atoms with Crippen molar-refractivity contribution in [2.45, 2.75) is 25.3 Å². The zero-order valence-electron chi connectivity index (χ0n) is 10.5. The van der Waals surface area contributed by atoms with E-state index in [4.69, 9.17) is 0 Å². The van der Waals surface area contributed by atoms with E-state index in [0.717, 1.165) is 6.42 Å². The topological polar surface area (TPSA) is 62.2 Å². The summed E-state index contributed by atoms with van der Waals surface area (Å²) in [7, 11) is 0. The van der Waals surface area contributed by atoms with Crippen LogP contribution in [0, 0.1) is 6.92 Å². The molecule has 0 spiro atoms. The molecule has 1 fully saturated rings. The van der Waals surface area contributed by atoms with Crippen LogP contribution in [0.3, 0.4) is 0 Å². The minimum atomic E-state index is -0.911. The molecular weight excluding hydrogens is 260 g/mol. The average Bonchev–Trinajstić information content (AvgIpc) is 3.06. The molecule has 2 aromatic rings. The maximum atomic E-state index is 11.2. The van der Waals surface area contributed by atoms with Crippen LogP contribution in [0.4, 0.5) is 5.00 Å². The molecule has 1 saturated carbocycles. The molecule has 0 bridgehead atoms. The molecular formula is C14H14N2O2S. The molecule has 1 heterocycles. The highest BCUT2D eigenvalue weighted by Crippen LogP contribution is 2.43. The van der Waals surface area contributed by atoms with Gasteiger partial charge in [0.25, 0.3) is 0 Å². The SMILES string of the molecule is Cc1nsc(NC2CC2c2ccccc2)c1C(=O)O. The number of rotatable bonds is 4. The Morgan fingerprint density at radius 3 is 2.84 bits per heavy atom. The van der Waals surface area contributed by atoms with Gasteiger partial charge in [0.2, 0.25) is 0 Å². The van der Waals surface area contributed by atoms with E-state index in [9.17, 15) is 9.90 Å². The highest BCUT2D eigenvalue weighted by Gasteiger charge is 2.39. The van der Waals surface area contributed by atoms with Crippen LogP contribution in [-0.2, 0) is 0 Å². The normalized spacial score (nSPS) is 21.1. The number of anilines is 1. The van der Waals surface area contributed by atoms with Crippen LogP contribution in [0.2, 0.25) is 0 Å². The first-order chi connectivity index (χ1) is 9.16. The van der Waals surface area contributed by atoms with Crippen molar-refractivity contribution >= 4 is 22.5 Å². The van der Waals surface area contributed by atoms with E-state index in [1.807, 2.05) is 18.2 Å². The van der Waals surface area contributed by atoms with Gasteiger partial charge in [-0.25, -0.2) is 4.79 Å².